The number of hydrogen-bond acceptors (Lipinski definition) is 6. The molecule has 0 bridgehead atoms. The second-order valence-electron chi connectivity index (χ2n) is 1.56. The minimum Gasteiger partial charge on any atom is -0.467 e. The van der Waals surface area contributed by atoms with Crippen LogP contribution in [0.5, 0.6) is 0 Å². The van der Waals surface area contributed by atoms with E-state index in [4.69, 9.17) is 4.18 Å². The molecule has 0 aromatic heterocycles. The molecule has 0 rings (SSSR count). The van der Waals surface area contributed by atoms with Crippen LogP contribution in [0.25, 0.3) is 0 Å². The van der Waals surface area contributed by atoms with Crippen molar-refractivity contribution in [2.75, 3.05) is 14.2 Å². The van der Waals surface area contributed by atoms with Gasteiger partial charge in [0.25, 0.3) is 0 Å². The second kappa shape index (κ2) is 6.41. The maximum atomic E-state index is 10.6. The topological polar surface area (TPSA) is 54.0 Å². The summed E-state index contributed by atoms with van der Waals surface area (Å²) >= 11 is 0.582. The average molecular weight is 182 g/mol. The van der Waals surface area contributed by atoms with Gasteiger partial charge in [-0.1, -0.05) is 0 Å². The lowest BCUT2D eigenvalue weighted by molar-refractivity contribution is -0.170. The summed E-state index contributed by atoms with van der Waals surface area (Å²) in [6.45, 7) is 1.54. The normalized spacial score (nSPS) is 12.6. The van der Waals surface area contributed by atoms with E-state index in [1.165, 1.54) is 21.1 Å². The maximum absolute atomic E-state index is 10.6. The molecule has 0 aliphatic carbocycles. The Labute approximate surface area is 69.3 Å². The van der Waals surface area contributed by atoms with Crippen molar-refractivity contribution in [1.82, 2.24) is 0 Å². The van der Waals surface area contributed by atoms with Crippen LogP contribution >= 0.6 is 12.3 Å². The van der Waals surface area contributed by atoms with E-state index in [-0.39, 0.29) is 0 Å². The molecule has 11 heavy (non-hydrogen) atoms. The Kier molecular flexibility index (Phi) is 6.24. The van der Waals surface area contributed by atoms with Gasteiger partial charge in [0.2, 0.25) is 0 Å². The number of methoxy groups -OCH3 is 1. The van der Waals surface area contributed by atoms with Crippen LogP contribution in [-0.4, -0.2) is 26.3 Å². The predicted molar refractivity (Wildman–Crippen MR) is 38.2 cm³/mol. The minimum atomic E-state index is -0.667. The molecule has 0 spiro atoms. The Bertz CT molecular complexity index is 117. The second-order valence-corrected chi connectivity index (χ2v) is 2.03. The van der Waals surface area contributed by atoms with Gasteiger partial charge in [-0.25, -0.2) is 9.68 Å². The van der Waals surface area contributed by atoms with Gasteiger partial charge in [-0.3, -0.25) is 4.18 Å². The van der Waals surface area contributed by atoms with Crippen LogP contribution < -0.4 is 0 Å². The van der Waals surface area contributed by atoms with E-state index >= 15 is 0 Å². The van der Waals surface area contributed by atoms with Crippen LogP contribution in [0.3, 0.4) is 0 Å². The molecule has 0 heterocycles. The number of carbonyl (C=O) groups excluding carboxylic acids is 1. The van der Waals surface area contributed by atoms with Gasteiger partial charge < -0.3 is 4.74 Å². The number of rotatable bonds is 5. The summed E-state index contributed by atoms with van der Waals surface area (Å²) in [7, 11) is 2.61. The van der Waals surface area contributed by atoms with Crippen LogP contribution in [0.2, 0.25) is 0 Å². The van der Waals surface area contributed by atoms with E-state index in [0.29, 0.717) is 12.3 Å². The van der Waals surface area contributed by atoms with E-state index in [0.717, 1.165) is 0 Å². The van der Waals surface area contributed by atoms with Crippen molar-refractivity contribution < 1.29 is 22.9 Å². The summed E-state index contributed by atoms with van der Waals surface area (Å²) in [6.07, 6.45) is -0.667. The van der Waals surface area contributed by atoms with Gasteiger partial charge in [0.1, 0.15) is 0 Å². The Morgan fingerprint density at radius 3 is 2.55 bits per heavy atom. The molecule has 0 aromatic rings. The Morgan fingerprint density at radius 1 is 1.45 bits per heavy atom. The zero-order valence-electron chi connectivity index (χ0n) is 6.53. The van der Waals surface area contributed by atoms with Crippen molar-refractivity contribution in [3.8, 4) is 0 Å². The smallest absolute Gasteiger partial charge is 0.336 e. The molecule has 0 fully saturated rings. The third-order valence-electron chi connectivity index (χ3n) is 0.813. The van der Waals surface area contributed by atoms with Gasteiger partial charge in [-0.05, 0) is 6.92 Å². The van der Waals surface area contributed by atoms with Gasteiger partial charge >= 0.3 is 5.97 Å². The maximum Gasteiger partial charge on any atom is 0.336 e. The first-order valence-corrected chi connectivity index (χ1v) is 3.49. The van der Waals surface area contributed by atoms with Crippen LogP contribution in [0.15, 0.2) is 0 Å². The number of hydrogen-bond donors (Lipinski definition) is 0. The van der Waals surface area contributed by atoms with E-state index in [1.54, 1.807) is 0 Å². The molecule has 0 N–H and O–H groups in total. The molecule has 0 aliphatic heterocycles. The highest BCUT2D eigenvalue weighted by atomic mass is 32.2. The summed E-state index contributed by atoms with van der Waals surface area (Å²) < 4.78 is 13.4. The fourth-order valence-corrected chi connectivity index (χ4v) is 0.592. The fraction of sp³-hybridized carbons (Fsp3) is 0.800. The van der Waals surface area contributed by atoms with Gasteiger partial charge in [-0.15, -0.1) is 4.33 Å². The van der Waals surface area contributed by atoms with Crippen molar-refractivity contribution in [1.29, 1.82) is 0 Å². The molecule has 0 radical (unpaired) electrons. The van der Waals surface area contributed by atoms with Gasteiger partial charge in [0.15, 0.2) is 18.4 Å². The quantitative estimate of drug-likeness (QED) is 0.205. The lowest BCUT2D eigenvalue weighted by Gasteiger charge is -2.06. The van der Waals surface area contributed by atoms with E-state index in [2.05, 4.69) is 14.0 Å². The Balaban J connectivity index is 3.36. The number of ether oxygens (including phenoxy) is 1. The minimum absolute atomic E-state index is 0.461. The van der Waals surface area contributed by atoms with Crippen LogP contribution in [0, 0.1) is 0 Å². The summed E-state index contributed by atoms with van der Waals surface area (Å²) in [4.78, 5) is 14.8. The van der Waals surface area contributed by atoms with E-state index in [9.17, 15) is 4.79 Å². The van der Waals surface area contributed by atoms with Crippen molar-refractivity contribution in [3.05, 3.63) is 0 Å². The highest BCUT2D eigenvalue weighted by Gasteiger charge is 2.14. The van der Waals surface area contributed by atoms with Crippen LogP contribution in [-0.2, 0) is 22.9 Å². The molecule has 6 heteroatoms. The molecular weight excluding hydrogens is 172 g/mol. The first kappa shape index (κ1) is 10.7. The van der Waals surface area contributed by atoms with Gasteiger partial charge in [0, 0.05) is 0 Å². The Hall–Kier alpha value is -0.300. The number of esters is 1. The van der Waals surface area contributed by atoms with Crippen LogP contribution in [0.4, 0.5) is 0 Å². The monoisotopic (exact) mass is 182 g/mol. The third kappa shape index (κ3) is 5.02. The van der Waals surface area contributed by atoms with Gasteiger partial charge in [-0.2, -0.15) is 0 Å². The van der Waals surface area contributed by atoms with Crippen molar-refractivity contribution in [2.24, 2.45) is 0 Å². The van der Waals surface area contributed by atoms with Crippen molar-refractivity contribution in [2.45, 2.75) is 13.0 Å². The fourth-order valence-electron chi connectivity index (χ4n) is 0.308. The largest absolute Gasteiger partial charge is 0.467 e. The average Bonchev–Trinajstić information content (AvgIpc) is 2.03. The summed E-state index contributed by atoms with van der Waals surface area (Å²) in [5.41, 5.74) is 0. The van der Waals surface area contributed by atoms with Crippen LogP contribution in [0.1, 0.15) is 6.92 Å². The Morgan fingerprint density at radius 2 is 2.09 bits per heavy atom. The predicted octanol–water partition coefficient (Wildman–Crippen LogP) is 0.706. The van der Waals surface area contributed by atoms with Gasteiger partial charge in [0.05, 0.1) is 14.2 Å². The molecule has 0 aliphatic rings. The first-order chi connectivity index (χ1) is 5.22. The van der Waals surface area contributed by atoms with E-state index in [1.807, 2.05) is 0 Å². The summed E-state index contributed by atoms with van der Waals surface area (Å²) in [6, 6.07) is 0. The zero-order valence-corrected chi connectivity index (χ0v) is 7.34. The summed E-state index contributed by atoms with van der Waals surface area (Å²) in [5.74, 6) is -0.461. The molecule has 0 amide bonds. The first-order valence-electron chi connectivity index (χ1n) is 2.83. The third-order valence-corrected chi connectivity index (χ3v) is 1.37. The zero-order chi connectivity index (χ0) is 8.69. The molecule has 1 unspecified atom stereocenters. The lowest BCUT2D eigenvalue weighted by atomic mass is 10.4. The standard InChI is InChI=1S/C5H10O5S/c1-4(5(6)7-2)9-11-10-8-3/h4H,1-3H3. The highest BCUT2D eigenvalue weighted by Crippen LogP contribution is 2.09. The van der Waals surface area contributed by atoms with E-state index < -0.39 is 12.1 Å². The molecular formula is C5H10O5S. The molecule has 0 aromatic carbocycles. The molecule has 0 saturated carbocycles. The SMILES string of the molecule is COOSOC(C)C(=O)OC. The molecule has 5 nitrogen and oxygen atoms in total. The number of carbonyl (C=O) groups is 1. The summed E-state index contributed by atoms with van der Waals surface area (Å²) in [5, 5.41) is 0. The van der Waals surface area contributed by atoms with Crippen molar-refractivity contribution in [3.63, 3.8) is 0 Å². The molecule has 66 valence electrons. The van der Waals surface area contributed by atoms with Crippen molar-refractivity contribution >= 4 is 18.3 Å². The lowest BCUT2D eigenvalue weighted by Crippen LogP contribution is -2.19. The molecule has 0 saturated heterocycles. The molecule has 1 atom stereocenters. The highest BCUT2D eigenvalue weighted by molar-refractivity contribution is 7.89.